The molecule has 16 heavy (non-hydrogen) atoms. The first-order chi connectivity index (χ1) is 7.68. The maximum atomic E-state index is 11.4. The maximum absolute atomic E-state index is 11.4. The van der Waals surface area contributed by atoms with Crippen molar-refractivity contribution in [2.24, 2.45) is 5.92 Å². The predicted octanol–water partition coefficient (Wildman–Crippen LogP) is 2.87. The Hall–Kier alpha value is -0.860. The minimum absolute atomic E-state index is 0.0875. The van der Waals surface area contributed by atoms with Crippen molar-refractivity contribution in [2.45, 2.75) is 58.3 Å². The monoisotopic (exact) mass is 226 g/mol. The Labute approximate surface area is 97.5 Å². The molecule has 1 aliphatic carbocycles. The molecule has 0 aromatic carbocycles. The molecular formula is C13H22O3. The quantitative estimate of drug-likeness (QED) is 0.516. The van der Waals surface area contributed by atoms with Crippen LogP contribution in [0, 0.1) is 5.92 Å². The van der Waals surface area contributed by atoms with E-state index in [9.17, 15) is 9.59 Å². The molecule has 0 heterocycles. The van der Waals surface area contributed by atoms with Gasteiger partial charge in [-0.1, -0.05) is 19.3 Å². The zero-order valence-electron chi connectivity index (χ0n) is 10.2. The average molecular weight is 226 g/mol. The summed E-state index contributed by atoms with van der Waals surface area (Å²) in [6.07, 6.45) is 7.89. The molecule has 0 amide bonds. The minimum atomic E-state index is -0.0875. The molecular weight excluding hydrogens is 204 g/mol. The molecule has 0 N–H and O–H groups in total. The number of rotatable bonds is 6. The predicted molar refractivity (Wildman–Crippen MR) is 62.1 cm³/mol. The zero-order valence-corrected chi connectivity index (χ0v) is 10.2. The molecule has 0 aromatic heterocycles. The van der Waals surface area contributed by atoms with Crippen LogP contribution in [0.4, 0.5) is 0 Å². The highest BCUT2D eigenvalue weighted by Gasteiger charge is 2.17. The van der Waals surface area contributed by atoms with Crippen LogP contribution in [-0.4, -0.2) is 18.4 Å². The van der Waals surface area contributed by atoms with Gasteiger partial charge in [0.05, 0.1) is 6.61 Å². The smallest absolute Gasteiger partial charge is 0.306 e. The fraction of sp³-hybridized carbons (Fsp3) is 0.846. The van der Waals surface area contributed by atoms with E-state index < -0.39 is 0 Å². The normalized spacial score (nSPS) is 17.1. The van der Waals surface area contributed by atoms with E-state index in [0.29, 0.717) is 31.8 Å². The van der Waals surface area contributed by atoms with Crippen LogP contribution in [0.1, 0.15) is 58.3 Å². The van der Waals surface area contributed by atoms with Crippen molar-refractivity contribution in [3.63, 3.8) is 0 Å². The van der Waals surface area contributed by atoms with E-state index in [1.807, 2.05) is 0 Å². The fourth-order valence-corrected chi connectivity index (χ4v) is 2.19. The van der Waals surface area contributed by atoms with Crippen molar-refractivity contribution >= 4 is 11.8 Å². The van der Waals surface area contributed by atoms with Gasteiger partial charge in [0.1, 0.15) is 5.78 Å². The second-order valence-corrected chi connectivity index (χ2v) is 4.73. The third-order valence-corrected chi connectivity index (χ3v) is 3.12. The lowest BCUT2D eigenvalue weighted by molar-refractivity contribution is -0.145. The number of esters is 1. The van der Waals surface area contributed by atoms with Crippen LogP contribution in [0.5, 0.6) is 0 Å². The summed E-state index contributed by atoms with van der Waals surface area (Å²) in [5.41, 5.74) is 0. The number of ether oxygens (including phenoxy) is 1. The van der Waals surface area contributed by atoms with Gasteiger partial charge in [-0.05, 0) is 32.1 Å². The van der Waals surface area contributed by atoms with Crippen LogP contribution in [0.15, 0.2) is 0 Å². The number of ketones is 1. The topological polar surface area (TPSA) is 43.4 Å². The van der Waals surface area contributed by atoms with E-state index in [-0.39, 0.29) is 11.8 Å². The van der Waals surface area contributed by atoms with Crippen LogP contribution in [0.2, 0.25) is 0 Å². The number of carbonyl (C=O) groups excluding carboxylic acids is 2. The number of hydrogen-bond acceptors (Lipinski definition) is 3. The summed E-state index contributed by atoms with van der Waals surface area (Å²) < 4.78 is 5.10. The first-order valence-corrected chi connectivity index (χ1v) is 6.33. The Morgan fingerprint density at radius 2 is 1.88 bits per heavy atom. The molecule has 0 bridgehead atoms. The lowest BCUT2D eigenvalue weighted by Gasteiger charge is -2.20. The molecule has 3 heteroatoms. The SMILES string of the molecule is CC(=O)CCCOC(=O)CC1CCCCC1. The van der Waals surface area contributed by atoms with E-state index in [1.165, 1.54) is 32.1 Å². The summed E-state index contributed by atoms with van der Waals surface area (Å²) in [5.74, 6) is 0.604. The summed E-state index contributed by atoms with van der Waals surface area (Å²) in [5, 5.41) is 0. The molecule has 0 saturated heterocycles. The van der Waals surface area contributed by atoms with Crippen molar-refractivity contribution in [1.82, 2.24) is 0 Å². The van der Waals surface area contributed by atoms with Gasteiger partial charge < -0.3 is 9.53 Å². The van der Waals surface area contributed by atoms with Crippen molar-refractivity contribution < 1.29 is 14.3 Å². The highest BCUT2D eigenvalue weighted by atomic mass is 16.5. The third kappa shape index (κ3) is 5.89. The summed E-state index contributed by atoms with van der Waals surface area (Å²) in [6.45, 7) is 1.95. The van der Waals surface area contributed by atoms with Crippen LogP contribution < -0.4 is 0 Å². The second-order valence-electron chi connectivity index (χ2n) is 4.73. The molecule has 0 aliphatic heterocycles. The van der Waals surface area contributed by atoms with Crippen molar-refractivity contribution in [1.29, 1.82) is 0 Å². The lowest BCUT2D eigenvalue weighted by atomic mass is 9.87. The van der Waals surface area contributed by atoms with Gasteiger partial charge in [0.2, 0.25) is 0 Å². The maximum Gasteiger partial charge on any atom is 0.306 e. The van der Waals surface area contributed by atoms with E-state index in [1.54, 1.807) is 6.92 Å². The molecule has 0 aromatic rings. The van der Waals surface area contributed by atoms with Crippen molar-refractivity contribution in [2.75, 3.05) is 6.61 Å². The number of hydrogen-bond donors (Lipinski definition) is 0. The molecule has 0 spiro atoms. The Balaban J connectivity index is 2.03. The van der Waals surface area contributed by atoms with Gasteiger partial charge in [-0.15, -0.1) is 0 Å². The molecule has 1 rings (SSSR count). The molecule has 1 aliphatic rings. The van der Waals surface area contributed by atoms with Gasteiger partial charge in [0, 0.05) is 12.8 Å². The Morgan fingerprint density at radius 1 is 1.19 bits per heavy atom. The molecule has 3 nitrogen and oxygen atoms in total. The summed E-state index contributed by atoms with van der Waals surface area (Å²) >= 11 is 0. The fourth-order valence-electron chi connectivity index (χ4n) is 2.19. The van der Waals surface area contributed by atoms with Crippen molar-refractivity contribution in [3.8, 4) is 0 Å². The molecule has 0 radical (unpaired) electrons. The van der Waals surface area contributed by atoms with Gasteiger partial charge in [-0.2, -0.15) is 0 Å². The number of carbonyl (C=O) groups is 2. The molecule has 0 unspecified atom stereocenters. The van der Waals surface area contributed by atoms with E-state index >= 15 is 0 Å². The minimum Gasteiger partial charge on any atom is -0.466 e. The highest BCUT2D eigenvalue weighted by Crippen LogP contribution is 2.26. The van der Waals surface area contributed by atoms with Gasteiger partial charge in [0.25, 0.3) is 0 Å². The van der Waals surface area contributed by atoms with Gasteiger partial charge in [0.15, 0.2) is 0 Å². The highest BCUT2D eigenvalue weighted by molar-refractivity contribution is 5.75. The van der Waals surface area contributed by atoms with Crippen LogP contribution in [0.25, 0.3) is 0 Å². The lowest BCUT2D eigenvalue weighted by Crippen LogP contribution is -2.15. The van der Waals surface area contributed by atoms with Crippen LogP contribution in [-0.2, 0) is 14.3 Å². The Morgan fingerprint density at radius 3 is 2.50 bits per heavy atom. The van der Waals surface area contributed by atoms with E-state index in [0.717, 1.165) is 0 Å². The number of Topliss-reactive ketones (excluding diaryl/α,β-unsaturated/α-hetero) is 1. The Bertz CT molecular complexity index is 229. The van der Waals surface area contributed by atoms with Gasteiger partial charge >= 0.3 is 5.97 Å². The van der Waals surface area contributed by atoms with E-state index in [2.05, 4.69) is 0 Å². The van der Waals surface area contributed by atoms with Crippen LogP contribution >= 0.6 is 0 Å². The average Bonchev–Trinajstić information content (AvgIpc) is 2.25. The first kappa shape index (κ1) is 13.2. The largest absolute Gasteiger partial charge is 0.466 e. The van der Waals surface area contributed by atoms with E-state index in [4.69, 9.17) is 4.74 Å². The molecule has 0 atom stereocenters. The Kier molecular flexibility index (Phi) is 6.12. The van der Waals surface area contributed by atoms with Gasteiger partial charge in [-0.3, -0.25) is 4.79 Å². The molecule has 92 valence electrons. The second kappa shape index (κ2) is 7.42. The molecule has 1 fully saturated rings. The standard InChI is InChI=1S/C13H22O3/c1-11(14)6-5-9-16-13(15)10-12-7-3-2-4-8-12/h12H,2-10H2,1H3. The van der Waals surface area contributed by atoms with Crippen molar-refractivity contribution in [3.05, 3.63) is 0 Å². The molecule has 1 saturated carbocycles. The summed E-state index contributed by atoms with van der Waals surface area (Å²) in [7, 11) is 0. The van der Waals surface area contributed by atoms with Gasteiger partial charge in [-0.25, -0.2) is 0 Å². The third-order valence-electron chi connectivity index (χ3n) is 3.12. The zero-order chi connectivity index (χ0) is 11.8. The van der Waals surface area contributed by atoms with Crippen LogP contribution in [0.3, 0.4) is 0 Å². The summed E-state index contributed by atoms with van der Waals surface area (Å²) in [4.78, 5) is 22.1. The summed E-state index contributed by atoms with van der Waals surface area (Å²) in [6, 6.07) is 0. The first-order valence-electron chi connectivity index (χ1n) is 6.33.